The Morgan fingerprint density at radius 2 is 1.70 bits per heavy atom. The van der Waals surface area contributed by atoms with Gasteiger partial charge in [-0.15, -0.1) is 0 Å². The summed E-state index contributed by atoms with van der Waals surface area (Å²) < 4.78 is 5.89. The Bertz CT molecular complexity index is 886. The first-order chi connectivity index (χ1) is 13.1. The lowest BCUT2D eigenvalue weighted by atomic mass is 9.55. The average Bonchev–Trinajstić information content (AvgIpc) is 2.66. The minimum Gasteiger partial charge on any atom is -0.481 e. The summed E-state index contributed by atoms with van der Waals surface area (Å²) in [4.78, 5) is 24.8. The summed E-state index contributed by atoms with van der Waals surface area (Å²) in [5.74, 6) is -2.76. The van der Waals surface area contributed by atoms with Crippen LogP contribution < -0.4 is 0 Å². The minimum absolute atomic E-state index is 0.255. The van der Waals surface area contributed by atoms with Gasteiger partial charge in [-0.3, -0.25) is 9.59 Å². The van der Waals surface area contributed by atoms with Crippen LogP contribution in [-0.4, -0.2) is 17.0 Å². The van der Waals surface area contributed by atoms with E-state index in [-0.39, 0.29) is 23.9 Å². The maximum atomic E-state index is 13.0. The molecule has 0 aliphatic heterocycles. The first-order valence-corrected chi connectivity index (χ1v) is 9.31. The van der Waals surface area contributed by atoms with Crippen LogP contribution in [0.3, 0.4) is 0 Å². The van der Waals surface area contributed by atoms with Gasteiger partial charge in [0.05, 0.1) is 11.8 Å². The highest BCUT2D eigenvalue weighted by Crippen LogP contribution is 2.53. The second-order valence-corrected chi connectivity index (χ2v) is 7.38. The number of aliphatic carboxylic acids is 1. The van der Waals surface area contributed by atoms with E-state index in [0.29, 0.717) is 6.42 Å². The van der Waals surface area contributed by atoms with E-state index in [1.807, 2.05) is 73.7 Å². The maximum absolute atomic E-state index is 13.0. The van der Waals surface area contributed by atoms with Crippen LogP contribution >= 0.6 is 0 Å². The average molecular weight is 362 g/mol. The Kier molecular flexibility index (Phi) is 4.56. The predicted octanol–water partition coefficient (Wildman–Crippen LogP) is 4.44. The number of fused-ring (bicyclic) bond motifs is 1. The van der Waals surface area contributed by atoms with Crippen molar-refractivity contribution in [3.05, 3.63) is 77.4 Å². The number of hydrogen-bond donors (Lipinski definition) is 1. The number of carbonyl (C=O) groups excluding carboxylic acids is 1. The first kappa shape index (κ1) is 17.5. The summed E-state index contributed by atoms with van der Waals surface area (Å²) in [7, 11) is 0. The third-order valence-electron chi connectivity index (χ3n) is 5.90. The summed E-state index contributed by atoms with van der Waals surface area (Å²) >= 11 is 0. The van der Waals surface area contributed by atoms with Crippen molar-refractivity contribution in [3.8, 4) is 0 Å². The number of esters is 1. The molecule has 1 N–H and O–H groups in total. The summed E-state index contributed by atoms with van der Waals surface area (Å²) in [6.07, 6.45) is 4.38. The van der Waals surface area contributed by atoms with Crippen molar-refractivity contribution in [3.63, 3.8) is 0 Å². The highest BCUT2D eigenvalue weighted by Gasteiger charge is 2.56. The molecule has 4 nitrogen and oxygen atoms in total. The number of hydrogen-bond acceptors (Lipinski definition) is 3. The standard InChI is InChI=1S/C23H22O4/c1-14-19(22(24)25)21(16-9-3-2-4-10-16)20(14)23(26)27-18-13-7-11-15-8-5-6-12-17(15)18/h2-12,14,18-21H,13H2,1H3,(H,24,25). The van der Waals surface area contributed by atoms with Crippen LogP contribution in [0.1, 0.15) is 42.1 Å². The molecule has 0 amide bonds. The molecule has 2 aliphatic rings. The van der Waals surface area contributed by atoms with Gasteiger partial charge >= 0.3 is 11.9 Å². The number of carboxylic acids is 1. The van der Waals surface area contributed by atoms with E-state index in [9.17, 15) is 14.7 Å². The third kappa shape index (κ3) is 3.05. The number of benzene rings is 2. The van der Waals surface area contributed by atoms with Crippen molar-refractivity contribution in [2.75, 3.05) is 0 Å². The van der Waals surface area contributed by atoms with Gasteiger partial charge in [-0.2, -0.15) is 0 Å². The Morgan fingerprint density at radius 1 is 1.00 bits per heavy atom. The second kappa shape index (κ2) is 7.03. The molecule has 138 valence electrons. The van der Waals surface area contributed by atoms with Crippen LogP contribution in [-0.2, 0) is 14.3 Å². The van der Waals surface area contributed by atoms with Gasteiger partial charge in [0, 0.05) is 12.3 Å². The molecule has 2 aromatic rings. The summed E-state index contributed by atoms with van der Waals surface area (Å²) in [5, 5.41) is 9.63. The third-order valence-corrected chi connectivity index (χ3v) is 5.90. The number of rotatable bonds is 4. The lowest BCUT2D eigenvalue weighted by Crippen LogP contribution is -2.51. The zero-order valence-electron chi connectivity index (χ0n) is 15.1. The van der Waals surface area contributed by atoms with Crippen molar-refractivity contribution in [1.82, 2.24) is 0 Å². The molecular weight excluding hydrogens is 340 g/mol. The normalized spacial score (nSPS) is 28.7. The van der Waals surface area contributed by atoms with Crippen molar-refractivity contribution in [2.24, 2.45) is 17.8 Å². The molecule has 1 saturated carbocycles. The molecule has 5 unspecified atom stereocenters. The molecule has 2 aliphatic carbocycles. The molecule has 5 atom stereocenters. The molecule has 1 fully saturated rings. The molecule has 2 aromatic carbocycles. The Balaban J connectivity index is 1.57. The number of ether oxygens (including phenoxy) is 1. The van der Waals surface area contributed by atoms with Crippen LogP contribution in [0.25, 0.3) is 6.08 Å². The molecule has 27 heavy (non-hydrogen) atoms. The van der Waals surface area contributed by atoms with Gasteiger partial charge in [-0.25, -0.2) is 0 Å². The highest BCUT2D eigenvalue weighted by atomic mass is 16.5. The number of carboxylic acid groups (broad SMARTS) is 1. The van der Waals surface area contributed by atoms with Crippen molar-refractivity contribution in [2.45, 2.75) is 25.4 Å². The predicted molar refractivity (Wildman–Crippen MR) is 102 cm³/mol. The molecule has 0 heterocycles. The minimum atomic E-state index is -0.855. The summed E-state index contributed by atoms with van der Waals surface area (Å²) in [6.45, 7) is 1.83. The topological polar surface area (TPSA) is 63.6 Å². The van der Waals surface area contributed by atoms with Crippen LogP contribution in [0.2, 0.25) is 0 Å². The van der Waals surface area contributed by atoms with Crippen LogP contribution in [0.5, 0.6) is 0 Å². The fraction of sp³-hybridized carbons (Fsp3) is 0.304. The van der Waals surface area contributed by atoms with E-state index in [4.69, 9.17) is 4.74 Å². The van der Waals surface area contributed by atoms with Crippen molar-refractivity contribution < 1.29 is 19.4 Å². The van der Waals surface area contributed by atoms with E-state index < -0.39 is 17.8 Å². The van der Waals surface area contributed by atoms with E-state index in [1.165, 1.54) is 0 Å². The zero-order valence-corrected chi connectivity index (χ0v) is 15.1. The quantitative estimate of drug-likeness (QED) is 0.817. The summed E-state index contributed by atoms with van der Waals surface area (Å²) in [6, 6.07) is 17.3. The van der Waals surface area contributed by atoms with Gasteiger partial charge in [0.25, 0.3) is 0 Å². The first-order valence-electron chi connectivity index (χ1n) is 9.31. The monoisotopic (exact) mass is 362 g/mol. The second-order valence-electron chi connectivity index (χ2n) is 7.38. The van der Waals surface area contributed by atoms with Gasteiger partial charge in [-0.05, 0) is 22.6 Å². The molecule has 4 heteroatoms. The fourth-order valence-corrected chi connectivity index (χ4v) is 4.52. The Morgan fingerprint density at radius 3 is 2.44 bits per heavy atom. The zero-order chi connectivity index (χ0) is 19.0. The Labute approximate surface area is 158 Å². The van der Waals surface area contributed by atoms with E-state index >= 15 is 0 Å². The van der Waals surface area contributed by atoms with Crippen molar-refractivity contribution >= 4 is 18.0 Å². The van der Waals surface area contributed by atoms with Gasteiger partial charge < -0.3 is 9.84 Å². The van der Waals surface area contributed by atoms with E-state index in [0.717, 1.165) is 16.7 Å². The molecule has 0 bridgehead atoms. The Hall–Kier alpha value is -2.88. The molecule has 4 rings (SSSR count). The molecule has 0 spiro atoms. The van der Waals surface area contributed by atoms with E-state index in [1.54, 1.807) is 0 Å². The van der Waals surface area contributed by atoms with Crippen molar-refractivity contribution in [1.29, 1.82) is 0 Å². The molecule has 0 aromatic heterocycles. The highest BCUT2D eigenvalue weighted by molar-refractivity contribution is 5.83. The van der Waals surface area contributed by atoms with Crippen LogP contribution in [0, 0.1) is 17.8 Å². The van der Waals surface area contributed by atoms with E-state index in [2.05, 4.69) is 0 Å². The maximum Gasteiger partial charge on any atom is 0.310 e. The molecular formula is C23H22O4. The van der Waals surface area contributed by atoms with Gasteiger partial charge in [-0.1, -0.05) is 73.7 Å². The van der Waals surface area contributed by atoms with Gasteiger partial charge in [0.2, 0.25) is 0 Å². The summed E-state index contributed by atoms with van der Waals surface area (Å²) in [5.41, 5.74) is 2.95. The SMILES string of the molecule is CC1C(C(=O)O)C(c2ccccc2)C1C(=O)OC1CC=Cc2ccccc21. The van der Waals surface area contributed by atoms with Gasteiger partial charge in [0.1, 0.15) is 6.10 Å². The number of carbonyl (C=O) groups is 2. The fourth-order valence-electron chi connectivity index (χ4n) is 4.52. The lowest BCUT2D eigenvalue weighted by molar-refractivity contribution is -0.172. The molecule has 0 radical (unpaired) electrons. The largest absolute Gasteiger partial charge is 0.481 e. The van der Waals surface area contributed by atoms with Gasteiger partial charge in [0.15, 0.2) is 0 Å². The van der Waals surface area contributed by atoms with Crippen LogP contribution in [0.4, 0.5) is 0 Å². The lowest BCUT2D eigenvalue weighted by Gasteiger charge is -2.47. The smallest absolute Gasteiger partial charge is 0.310 e. The molecule has 0 saturated heterocycles. The van der Waals surface area contributed by atoms with Crippen LogP contribution in [0.15, 0.2) is 60.7 Å².